The number of hydrogen-bond acceptors (Lipinski definition) is 5. The van der Waals surface area contributed by atoms with Gasteiger partial charge in [-0.25, -0.2) is 4.98 Å². The van der Waals surface area contributed by atoms with Crippen LogP contribution in [0.4, 0.5) is 0 Å². The summed E-state index contributed by atoms with van der Waals surface area (Å²) in [6.07, 6.45) is 4.74. The topological polar surface area (TPSA) is 51.7 Å². The lowest BCUT2D eigenvalue weighted by Gasteiger charge is -2.22. The first kappa shape index (κ1) is 15.8. The fraction of sp³-hybridized carbons (Fsp3) is 0.412. The lowest BCUT2D eigenvalue weighted by molar-refractivity contribution is 0.0744. The molecule has 5 nitrogen and oxygen atoms in total. The van der Waals surface area contributed by atoms with Crippen LogP contribution in [-0.2, 0) is 6.42 Å². The first-order chi connectivity index (χ1) is 11.2. The second-order valence-electron chi connectivity index (χ2n) is 5.51. The van der Waals surface area contributed by atoms with Crippen molar-refractivity contribution in [2.75, 3.05) is 20.8 Å². The molecule has 1 aliphatic carbocycles. The van der Waals surface area contributed by atoms with E-state index in [4.69, 9.17) is 9.47 Å². The highest BCUT2D eigenvalue weighted by Gasteiger charge is 2.33. The zero-order valence-electron chi connectivity index (χ0n) is 13.3. The number of aromatic nitrogens is 1. The highest BCUT2D eigenvalue weighted by molar-refractivity contribution is 7.09. The number of ether oxygens (including phenoxy) is 2. The van der Waals surface area contributed by atoms with Gasteiger partial charge in [0, 0.05) is 42.2 Å². The zero-order valence-corrected chi connectivity index (χ0v) is 14.1. The van der Waals surface area contributed by atoms with E-state index in [1.54, 1.807) is 50.0 Å². The molecule has 0 saturated heterocycles. The molecule has 0 N–H and O–H groups in total. The SMILES string of the molecule is COc1cc(OC)cc(C(=O)N(CCc2nccs2)C2CC2)c1. The highest BCUT2D eigenvalue weighted by atomic mass is 32.1. The number of amides is 1. The van der Waals surface area contributed by atoms with Crippen LogP contribution in [0.15, 0.2) is 29.8 Å². The number of hydrogen-bond donors (Lipinski definition) is 0. The average molecular weight is 332 g/mol. The number of carbonyl (C=O) groups excluding carboxylic acids is 1. The smallest absolute Gasteiger partial charge is 0.254 e. The van der Waals surface area contributed by atoms with E-state index in [0.29, 0.717) is 29.6 Å². The average Bonchev–Trinajstić information content (AvgIpc) is 3.29. The predicted octanol–water partition coefficient (Wildman–Crippen LogP) is 3.01. The van der Waals surface area contributed by atoms with Crippen molar-refractivity contribution >= 4 is 17.2 Å². The minimum Gasteiger partial charge on any atom is -0.497 e. The Morgan fingerprint density at radius 3 is 2.48 bits per heavy atom. The van der Waals surface area contributed by atoms with Crippen LogP contribution in [0, 0.1) is 0 Å². The van der Waals surface area contributed by atoms with Crippen molar-refractivity contribution in [3.63, 3.8) is 0 Å². The lowest BCUT2D eigenvalue weighted by atomic mass is 10.1. The third-order valence-electron chi connectivity index (χ3n) is 3.90. The zero-order chi connectivity index (χ0) is 16.2. The van der Waals surface area contributed by atoms with E-state index >= 15 is 0 Å². The van der Waals surface area contributed by atoms with Gasteiger partial charge in [-0.1, -0.05) is 0 Å². The number of thiazole rings is 1. The molecule has 1 fully saturated rings. The van der Waals surface area contributed by atoms with E-state index in [-0.39, 0.29) is 5.91 Å². The molecule has 1 heterocycles. The molecule has 1 amide bonds. The van der Waals surface area contributed by atoms with Gasteiger partial charge in [0.05, 0.1) is 19.2 Å². The monoisotopic (exact) mass is 332 g/mol. The summed E-state index contributed by atoms with van der Waals surface area (Å²) < 4.78 is 10.5. The Balaban J connectivity index is 1.78. The fourth-order valence-electron chi connectivity index (χ4n) is 2.53. The Hall–Kier alpha value is -2.08. The van der Waals surface area contributed by atoms with Crippen LogP contribution in [0.5, 0.6) is 11.5 Å². The molecule has 0 unspecified atom stereocenters. The molecule has 0 atom stereocenters. The Morgan fingerprint density at radius 1 is 1.26 bits per heavy atom. The van der Waals surface area contributed by atoms with Crippen molar-refractivity contribution in [3.8, 4) is 11.5 Å². The van der Waals surface area contributed by atoms with Crippen molar-refractivity contribution in [3.05, 3.63) is 40.3 Å². The summed E-state index contributed by atoms with van der Waals surface area (Å²) in [7, 11) is 3.17. The predicted molar refractivity (Wildman–Crippen MR) is 89.4 cm³/mol. The summed E-state index contributed by atoms with van der Waals surface area (Å²) in [4.78, 5) is 19.2. The minimum atomic E-state index is 0.0289. The standard InChI is InChI=1S/C17H20N2O3S/c1-21-14-9-12(10-15(11-14)22-2)17(20)19(13-3-4-13)7-5-16-18-6-8-23-16/h6,8-11,13H,3-5,7H2,1-2H3. The number of benzene rings is 1. The van der Waals surface area contributed by atoms with Gasteiger partial charge in [-0.05, 0) is 25.0 Å². The second kappa shape index (κ2) is 7.00. The fourth-order valence-corrected chi connectivity index (χ4v) is 3.14. The number of rotatable bonds is 7. The summed E-state index contributed by atoms with van der Waals surface area (Å²) in [5.74, 6) is 1.29. The summed E-state index contributed by atoms with van der Waals surface area (Å²) in [5.41, 5.74) is 0.604. The van der Waals surface area contributed by atoms with Crippen LogP contribution >= 0.6 is 11.3 Å². The third kappa shape index (κ3) is 3.82. The van der Waals surface area contributed by atoms with Crippen LogP contribution in [0.2, 0.25) is 0 Å². The molecule has 1 aromatic carbocycles. The van der Waals surface area contributed by atoms with Gasteiger partial charge in [0.1, 0.15) is 11.5 Å². The van der Waals surface area contributed by atoms with E-state index in [0.717, 1.165) is 24.3 Å². The van der Waals surface area contributed by atoms with Gasteiger partial charge in [-0.15, -0.1) is 11.3 Å². The van der Waals surface area contributed by atoms with Gasteiger partial charge in [0.2, 0.25) is 0 Å². The van der Waals surface area contributed by atoms with Crippen molar-refractivity contribution in [2.24, 2.45) is 0 Å². The molecule has 122 valence electrons. The Morgan fingerprint density at radius 2 is 1.96 bits per heavy atom. The summed E-state index contributed by atoms with van der Waals surface area (Å²) >= 11 is 1.63. The number of nitrogens with zero attached hydrogens (tertiary/aromatic N) is 2. The van der Waals surface area contributed by atoms with Crippen molar-refractivity contribution in [2.45, 2.75) is 25.3 Å². The first-order valence-electron chi connectivity index (χ1n) is 7.63. The quantitative estimate of drug-likeness (QED) is 0.782. The molecule has 0 radical (unpaired) electrons. The van der Waals surface area contributed by atoms with E-state index in [9.17, 15) is 4.79 Å². The Bertz CT molecular complexity index is 646. The van der Waals surface area contributed by atoms with Crippen LogP contribution in [0.1, 0.15) is 28.2 Å². The van der Waals surface area contributed by atoms with Crippen LogP contribution in [0.25, 0.3) is 0 Å². The maximum Gasteiger partial charge on any atom is 0.254 e. The maximum atomic E-state index is 12.9. The molecular formula is C17H20N2O3S. The molecule has 0 bridgehead atoms. The molecule has 0 spiro atoms. The molecule has 1 aliphatic rings. The van der Waals surface area contributed by atoms with Crippen LogP contribution in [-0.4, -0.2) is 42.6 Å². The van der Waals surface area contributed by atoms with Gasteiger partial charge in [0.25, 0.3) is 5.91 Å². The maximum absolute atomic E-state index is 12.9. The molecule has 6 heteroatoms. The highest BCUT2D eigenvalue weighted by Crippen LogP contribution is 2.30. The molecule has 1 aromatic heterocycles. The normalized spacial score (nSPS) is 13.7. The molecule has 1 saturated carbocycles. The van der Waals surface area contributed by atoms with E-state index < -0.39 is 0 Å². The lowest BCUT2D eigenvalue weighted by Crippen LogP contribution is -2.35. The van der Waals surface area contributed by atoms with E-state index in [1.165, 1.54) is 0 Å². The van der Waals surface area contributed by atoms with Gasteiger partial charge in [-0.3, -0.25) is 4.79 Å². The molecule has 23 heavy (non-hydrogen) atoms. The van der Waals surface area contributed by atoms with Gasteiger partial charge in [-0.2, -0.15) is 0 Å². The van der Waals surface area contributed by atoms with Crippen molar-refractivity contribution in [1.82, 2.24) is 9.88 Å². The number of methoxy groups -OCH3 is 2. The van der Waals surface area contributed by atoms with Gasteiger partial charge < -0.3 is 14.4 Å². The third-order valence-corrected chi connectivity index (χ3v) is 4.74. The molecule has 3 rings (SSSR count). The molecule has 2 aromatic rings. The Labute approximate surface area is 139 Å². The molecular weight excluding hydrogens is 312 g/mol. The largest absolute Gasteiger partial charge is 0.497 e. The van der Waals surface area contributed by atoms with E-state index in [2.05, 4.69) is 4.98 Å². The van der Waals surface area contributed by atoms with Gasteiger partial charge >= 0.3 is 0 Å². The van der Waals surface area contributed by atoms with Crippen LogP contribution < -0.4 is 9.47 Å². The van der Waals surface area contributed by atoms with Crippen molar-refractivity contribution in [1.29, 1.82) is 0 Å². The number of carbonyl (C=O) groups is 1. The summed E-state index contributed by atoms with van der Waals surface area (Å²) in [6, 6.07) is 5.65. The summed E-state index contributed by atoms with van der Waals surface area (Å²) in [5, 5.41) is 3.03. The Kier molecular flexibility index (Phi) is 4.81. The second-order valence-corrected chi connectivity index (χ2v) is 6.49. The van der Waals surface area contributed by atoms with E-state index in [1.807, 2.05) is 10.3 Å². The summed E-state index contributed by atoms with van der Waals surface area (Å²) in [6.45, 7) is 0.691. The first-order valence-corrected chi connectivity index (χ1v) is 8.51. The molecule has 0 aliphatic heterocycles. The minimum absolute atomic E-state index is 0.0289. The van der Waals surface area contributed by atoms with Crippen LogP contribution in [0.3, 0.4) is 0 Å². The van der Waals surface area contributed by atoms with Gasteiger partial charge in [0.15, 0.2) is 0 Å². The van der Waals surface area contributed by atoms with Crippen molar-refractivity contribution < 1.29 is 14.3 Å².